The van der Waals surface area contributed by atoms with E-state index in [1.165, 1.54) is 0 Å². The first-order chi connectivity index (χ1) is 13.5. The number of rotatable bonds is 7. The predicted molar refractivity (Wildman–Crippen MR) is 106 cm³/mol. The zero-order valence-electron chi connectivity index (χ0n) is 16.9. The Morgan fingerprint density at radius 1 is 1.14 bits per heavy atom. The third-order valence-corrected chi connectivity index (χ3v) is 4.79. The maximum Gasteiger partial charge on any atom is 0.241 e. The van der Waals surface area contributed by atoms with Gasteiger partial charge in [0.25, 0.3) is 0 Å². The number of aromatic nitrogens is 2. The fourth-order valence-corrected chi connectivity index (χ4v) is 3.17. The normalized spacial score (nSPS) is 16.0. The number of hydrogen-bond acceptors (Lipinski definition) is 7. The predicted octanol–water partition coefficient (Wildman–Crippen LogP) is 1.73. The molecule has 1 amide bonds. The Labute approximate surface area is 166 Å². The summed E-state index contributed by atoms with van der Waals surface area (Å²) in [6.45, 7) is 7.32. The van der Waals surface area contributed by atoms with Gasteiger partial charge < -0.3 is 14.2 Å². The number of likely N-dealkylation sites (N-methyl/N-ethyl adjacent to an activating group) is 1. The van der Waals surface area contributed by atoms with Crippen molar-refractivity contribution in [3.05, 3.63) is 30.2 Å². The van der Waals surface area contributed by atoms with Crippen LogP contribution in [0.3, 0.4) is 0 Å². The van der Waals surface area contributed by atoms with Crippen LogP contribution in [-0.4, -0.2) is 84.2 Å². The van der Waals surface area contributed by atoms with Crippen LogP contribution in [0.15, 0.2) is 28.8 Å². The van der Waals surface area contributed by atoms with Gasteiger partial charge in [-0.15, -0.1) is 0 Å². The van der Waals surface area contributed by atoms with Crippen LogP contribution in [0.5, 0.6) is 5.75 Å². The molecule has 8 heteroatoms. The highest BCUT2D eigenvalue weighted by molar-refractivity contribution is 5.77. The summed E-state index contributed by atoms with van der Waals surface area (Å²) in [6, 6.07) is 7.69. The fraction of sp³-hybridized carbons (Fsp3) is 0.550. The lowest BCUT2D eigenvalue weighted by Gasteiger charge is -2.22. The van der Waals surface area contributed by atoms with E-state index in [-0.39, 0.29) is 5.91 Å². The van der Waals surface area contributed by atoms with E-state index in [1.54, 1.807) is 19.0 Å². The summed E-state index contributed by atoms with van der Waals surface area (Å²) < 4.78 is 10.9. The number of nitrogens with zero attached hydrogens (tertiary/aromatic N) is 5. The molecule has 1 saturated heterocycles. The summed E-state index contributed by atoms with van der Waals surface area (Å²) in [5.74, 6) is 2.18. The molecule has 8 nitrogen and oxygen atoms in total. The minimum absolute atomic E-state index is 0.144. The molecule has 0 bridgehead atoms. The fourth-order valence-electron chi connectivity index (χ4n) is 3.17. The third-order valence-electron chi connectivity index (χ3n) is 4.79. The Morgan fingerprint density at radius 3 is 2.57 bits per heavy atom. The Morgan fingerprint density at radius 2 is 1.86 bits per heavy atom. The molecule has 1 aromatic heterocycles. The second-order valence-electron chi connectivity index (χ2n) is 7.16. The molecule has 0 unspecified atom stereocenters. The van der Waals surface area contributed by atoms with Crippen LogP contribution >= 0.6 is 0 Å². The molecule has 0 atom stereocenters. The summed E-state index contributed by atoms with van der Waals surface area (Å²) in [5, 5.41) is 4.11. The Bertz CT molecular complexity index is 759. The van der Waals surface area contributed by atoms with Crippen LogP contribution in [0.25, 0.3) is 11.4 Å². The molecular weight excluding hydrogens is 358 g/mol. The summed E-state index contributed by atoms with van der Waals surface area (Å²) in [6.07, 6.45) is 1.01. The molecule has 0 saturated carbocycles. The molecule has 0 radical (unpaired) electrons. The molecule has 1 fully saturated rings. The zero-order chi connectivity index (χ0) is 19.9. The Kier molecular flexibility index (Phi) is 7.00. The van der Waals surface area contributed by atoms with Crippen molar-refractivity contribution in [1.82, 2.24) is 24.8 Å². The molecular formula is C20H29N5O3. The zero-order valence-corrected chi connectivity index (χ0v) is 16.9. The highest BCUT2D eigenvalue weighted by Crippen LogP contribution is 2.20. The first kappa shape index (κ1) is 20.3. The monoisotopic (exact) mass is 387 g/mol. The van der Waals surface area contributed by atoms with Gasteiger partial charge in [-0.1, -0.05) is 5.16 Å². The van der Waals surface area contributed by atoms with Crippen LogP contribution in [0.2, 0.25) is 0 Å². The van der Waals surface area contributed by atoms with Gasteiger partial charge in [0.15, 0.2) is 0 Å². The number of carbonyl (C=O) groups is 1. The number of ether oxygens (including phenoxy) is 1. The molecule has 1 aliphatic heterocycles. The topological polar surface area (TPSA) is 74.9 Å². The van der Waals surface area contributed by atoms with E-state index in [2.05, 4.69) is 19.9 Å². The van der Waals surface area contributed by atoms with Crippen molar-refractivity contribution >= 4 is 5.91 Å². The van der Waals surface area contributed by atoms with Crippen molar-refractivity contribution in [1.29, 1.82) is 0 Å². The second-order valence-corrected chi connectivity index (χ2v) is 7.16. The van der Waals surface area contributed by atoms with Crippen molar-refractivity contribution < 1.29 is 14.1 Å². The van der Waals surface area contributed by atoms with Crippen molar-refractivity contribution in [2.24, 2.45) is 0 Å². The van der Waals surface area contributed by atoms with Gasteiger partial charge in [0.05, 0.1) is 19.7 Å². The minimum Gasteiger partial charge on any atom is -0.494 e. The highest BCUT2D eigenvalue weighted by Gasteiger charge is 2.19. The van der Waals surface area contributed by atoms with Gasteiger partial charge in [-0.2, -0.15) is 4.98 Å². The molecule has 2 aromatic rings. The largest absolute Gasteiger partial charge is 0.494 e. The van der Waals surface area contributed by atoms with E-state index >= 15 is 0 Å². The lowest BCUT2D eigenvalue weighted by atomic mass is 10.2. The smallest absolute Gasteiger partial charge is 0.241 e. The summed E-state index contributed by atoms with van der Waals surface area (Å²) in [4.78, 5) is 22.6. The number of benzene rings is 1. The molecule has 1 aromatic carbocycles. The van der Waals surface area contributed by atoms with Gasteiger partial charge in [0.1, 0.15) is 5.75 Å². The Hall–Kier alpha value is -2.45. The van der Waals surface area contributed by atoms with Gasteiger partial charge in [-0.05, 0) is 50.7 Å². The average molecular weight is 387 g/mol. The maximum atomic E-state index is 11.9. The minimum atomic E-state index is 0.144. The lowest BCUT2D eigenvalue weighted by molar-refractivity contribution is -0.129. The van der Waals surface area contributed by atoms with Crippen molar-refractivity contribution in [3.8, 4) is 17.1 Å². The lowest BCUT2D eigenvalue weighted by Crippen LogP contribution is -2.38. The molecule has 28 heavy (non-hydrogen) atoms. The summed E-state index contributed by atoms with van der Waals surface area (Å²) in [5.41, 5.74) is 0.905. The van der Waals surface area contributed by atoms with E-state index < -0.39 is 0 Å². The maximum absolute atomic E-state index is 11.9. The highest BCUT2D eigenvalue weighted by atomic mass is 16.5. The van der Waals surface area contributed by atoms with Crippen molar-refractivity contribution in [3.63, 3.8) is 0 Å². The van der Waals surface area contributed by atoms with Gasteiger partial charge in [-0.25, -0.2) is 0 Å². The molecule has 152 valence electrons. The van der Waals surface area contributed by atoms with Gasteiger partial charge in [0, 0.05) is 32.7 Å². The number of amides is 1. The van der Waals surface area contributed by atoms with Crippen LogP contribution in [-0.2, 0) is 11.3 Å². The summed E-state index contributed by atoms with van der Waals surface area (Å²) >= 11 is 0. The standard InChI is InChI=1S/C20H29N5O3/c1-4-27-17-8-6-16(7-9-17)20-21-18(28-22-20)14-24-10-5-11-25(13-12-24)15-19(26)23(2)3/h6-9H,4-5,10-15H2,1-3H3. The van der Waals surface area contributed by atoms with Gasteiger partial charge in [0.2, 0.25) is 17.6 Å². The van der Waals surface area contributed by atoms with E-state index in [0.29, 0.717) is 31.4 Å². The van der Waals surface area contributed by atoms with Gasteiger partial charge in [-0.3, -0.25) is 14.6 Å². The quantitative estimate of drug-likeness (QED) is 0.716. The van der Waals surface area contributed by atoms with Crippen LogP contribution in [0.1, 0.15) is 19.2 Å². The van der Waals surface area contributed by atoms with Crippen LogP contribution < -0.4 is 4.74 Å². The molecule has 1 aliphatic rings. The molecule has 3 rings (SSSR count). The van der Waals surface area contributed by atoms with E-state index in [9.17, 15) is 4.79 Å². The van der Waals surface area contributed by atoms with Crippen LogP contribution in [0.4, 0.5) is 0 Å². The molecule has 0 aliphatic carbocycles. The van der Waals surface area contributed by atoms with Crippen molar-refractivity contribution in [2.75, 3.05) is 53.4 Å². The van der Waals surface area contributed by atoms with E-state index in [0.717, 1.165) is 43.9 Å². The number of hydrogen-bond donors (Lipinski definition) is 0. The van der Waals surface area contributed by atoms with Crippen molar-refractivity contribution in [2.45, 2.75) is 19.9 Å². The first-order valence-electron chi connectivity index (χ1n) is 9.76. The second kappa shape index (κ2) is 9.66. The average Bonchev–Trinajstić information content (AvgIpc) is 3.03. The first-order valence-corrected chi connectivity index (χ1v) is 9.76. The molecule has 2 heterocycles. The summed E-state index contributed by atoms with van der Waals surface area (Å²) in [7, 11) is 3.59. The number of carbonyl (C=O) groups excluding carboxylic acids is 1. The third kappa shape index (κ3) is 5.53. The van der Waals surface area contributed by atoms with E-state index in [4.69, 9.17) is 9.26 Å². The van der Waals surface area contributed by atoms with E-state index in [1.807, 2.05) is 31.2 Å². The van der Waals surface area contributed by atoms with Gasteiger partial charge >= 0.3 is 0 Å². The van der Waals surface area contributed by atoms with Crippen LogP contribution in [0, 0.1) is 0 Å². The molecule has 0 N–H and O–H groups in total. The molecule has 0 spiro atoms. The Balaban J connectivity index is 1.54. The SMILES string of the molecule is CCOc1ccc(-c2noc(CN3CCCN(CC(=O)N(C)C)CC3)n2)cc1.